The number of nitrogens with zero attached hydrogens (tertiary/aromatic N) is 2. The van der Waals surface area contributed by atoms with Gasteiger partial charge in [0.15, 0.2) is 0 Å². The van der Waals surface area contributed by atoms with E-state index in [0.29, 0.717) is 22.6 Å². The first kappa shape index (κ1) is 20.7. The van der Waals surface area contributed by atoms with Gasteiger partial charge in [0.05, 0.1) is 10.6 Å². The summed E-state index contributed by atoms with van der Waals surface area (Å²) >= 11 is 1.00. The number of thioether (sulfide) groups is 1. The zero-order valence-electron chi connectivity index (χ0n) is 18.2. The fourth-order valence-corrected chi connectivity index (χ4v) is 5.80. The molecule has 1 saturated heterocycles. The predicted octanol–water partition coefficient (Wildman–Crippen LogP) is 6.43. The monoisotopic (exact) mass is 420 g/mol. The van der Waals surface area contributed by atoms with Gasteiger partial charge in [-0.1, -0.05) is 31.2 Å². The van der Waals surface area contributed by atoms with Gasteiger partial charge >= 0.3 is 0 Å². The van der Waals surface area contributed by atoms with Crippen LogP contribution >= 0.6 is 11.8 Å². The number of carbonyl (C=O) groups is 2. The predicted molar refractivity (Wildman–Crippen MR) is 126 cm³/mol. The van der Waals surface area contributed by atoms with Gasteiger partial charge in [-0.15, -0.1) is 0 Å². The van der Waals surface area contributed by atoms with Crippen molar-refractivity contribution in [1.82, 2.24) is 0 Å². The lowest BCUT2D eigenvalue weighted by Crippen LogP contribution is -2.51. The Bertz CT molecular complexity index is 1030. The highest BCUT2D eigenvalue weighted by molar-refractivity contribution is 8.19. The lowest BCUT2D eigenvalue weighted by molar-refractivity contribution is -0.113. The Morgan fingerprint density at radius 3 is 2.47 bits per heavy atom. The second-order valence-corrected chi connectivity index (χ2v) is 10.0. The van der Waals surface area contributed by atoms with Crippen LogP contribution in [0.15, 0.2) is 53.4 Å². The van der Waals surface area contributed by atoms with Crippen LogP contribution in [-0.4, -0.2) is 22.7 Å². The molecule has 1 fully saturated rings. The molecule has 0 N–H and O–H groups in total. The Morgan fingerprint density at radius 2 is 1.80 bits per heavy atom. The van der Waals surface area contributed by atoms with E-state index in [1.54, 1.807) is 12.1 Å². The number of imide groups is 1. The zero-order valence-corrected chi connectivity index (χ0v) is 19.0. The van der Waals surface area contributed by atoms with Crippen molar-refractivity contribution in [2.45, 2.75) is 58.5 Å². The van der Waals surface area contributed by atoms with Crippen LogP contribution in [0.2, 0.25) is 0 Å². The van der Waals surface area contributed by atoms with Gasteiger partial charge in [0.25, 0.3) is 11.1 Å². The van der Waals surface area contributed by atoms with Crippen molar-refractivity contribution in [3.63, 3.8) is 0 Å². The van der Waals surface area contributed by atoms with E-state index in [4.69, 9.17) is 0 Å². The van der Waals surface area contributed by atoms with E-state index < -0.39 is 0 Å². The molecule has 4 rings (SSSR count). The first-order chi connectivity index (χ1) is 14.2. The molecule has 0 radical (unpaired) electrons. The molecule has 0 aliphatic carbocycles. The van der Waals surface area contributed by atoms with E-state index >= 15 is 0 Å². The number of anilines is 2. The second kappa shape index (κ2) is 7.62. The molecule has 2 heterocycles. The van der Waals surface area contributed by atoms with Crippen molar-refractivity contribution in [1.29, 1.82) is 0 Å². The summed E-state index contributed by atoms with van der Waals surface area (Å²) in [7, 11) is 0. The Hall–Kier alpha value is -2.53. The van der Waals surface area contributed by atoms with Crippen LogP contribution in [0, 0.1) is 0 Å². The smallest absolute Gasteiger partial charge is 0.298 e. The van der Waals surface area contributed by atoms with Crippen LogP contribution < -0.4 is 9.80 Å². The van der Waals surface area contributed by atoms with Gasteiger partial charge in [-0.2, -0.15) is 0 Å². The summed E-state index contributed by atoms with van der Waals surface area (Å²) in [6, 6.07) is 15.9. The van der Waals surface area contributed by atoms with Crippen LogP contribution in [0.1, 0.15) is 58.1 Å². The van der Waals surface area contributed by atoms with Crippen LogP contribution in [0.5, 0.6) is 0 Å². The molecule has 5 heteroatoms. The number of carbonyl (C=O) groups excluding carboxylic acids is 2. The summed E-state index contributed by atoms with van der Waals surface area (Å²) in [6.45, 7) is 11.3. The zero-order chi connectivity index (χ0) is 21.6. The molecule has 2 amide bonds. The normalized spacial score (nSPS) is 22.2. The van der Waals surface area contributed by atoms with Crippen molar-refractivity contribution in [3.05, 3.63) is 64.6 Å². The Kier molecular flexibility index (Phi) is 5.27. The van der Waals surface area contributed by atoms with Gasteiger partial charge in [-0.25, -0.2) is 4.90 Å². The number of benzene rings is 2. The van der Waals surface area contributed by atoms with E-state index in [-0.39, 0.29) is 16.7 Å². The van der Waals surface area contributed by atoms with Crippen LogP contribution in [0.3, 0.4) is 0 Å². The van der Waals surface area contributed by atoms with Crippen LogP contribution in [0.25, 0.3) is 6.08 Å². The summed E-state index contributed by atoms with van der Waals surface area (Å²) in [6.07, 6.45) is 2.92. The molecule has 2 aliphatic heterocycles. The molecular weight excluding hydrogens is 392 g/mol. The molecule has 0 unspecified atom stereocenters. The van der Waals surface area contributed by atoms with E-state index in [1.165, 1.54) is 16.2 Å². The third-order valence-corrected chi connectivity index (χ3v) is 6.79. The van der Waals surface area contributed by atoms with Gasteiger partial charge in [-0.05, 0) is 93.3 Å². The SMILES string of the molecule is CC(C)N1c2ccc(/C=C3\SC(=O)N(c4ccccc4)C3=O)cc2[C@H](C)CC1(C)C. The molecule has 2 aromatic carbocycles. The highest BCUT2D eigenvalue weighted by Gasteiger charge is 2.38. The van der Waals surface area contributed by atoms with E-state index in [2.05, 4.69) is 57.7 Å². The molecular formula is C25H28N2O2S. The highest BCUT2D eigenvalue weighted by Crippen LogP contribution is 2.45. The van der Waals surface area contributed by atoms with Gasteiger partial charge in [0.2, 0.25) is 0 Å². The number of amides is 2. The van der Waals surface area contributed by atoms with E-state index in [0.717, 1.165) is 23.7 Å². The lowest BCUT2D eigenvalue weighted by Gasteiger charge is -2.50. The number of fused-ring (bicyclic) bond motifs is 1. The molecule has 0 aromatic heterocycles. The molecule has 0 saturated carbocycles. The van der Waals surface area contributed by atoms with Gasteiger partial charge < -0.3 is 4.90 Å². The first-order valence-electron chi connectivity index (χ1n) is 10.5. The molecule has 156 valence electrons. The van der Waals surface area contributed by atoms with Crippen molar-refractivity contribution < 1.29 is 9.59 Å². The lowest BCUT2D eigenvalue weighted by atomic mass is 9.79. The third kappa shape index (κ3) is 3.56. The third-order valence-electron chi connectivity index (χ3n) is 5.92. The average molecular weight is 421 g/mol. The number of rotatable bonds is 3. The fraction of sp³-hybridized carbons (Fsp3) is 0.360. The Labute approximate surface area is 182 Å². The van der Waals surface area contributed by atoms with Crippen molar-refractivity contribution in [3.8, 4) is 0 Å². The van der Waals surface area contributed by atoms with Crippen molar-refractivity contribution >= 4 is 40.4 Å². The summed E-state index contributed by atoms with van der Waals surface area (Å²) in [5.41, 5.74) is 4.24. The largest absolute Gasteiger partial charge is 0.364 e. The van der Waals surface area contributed by atoms with Gasteiger partial charge in [0, 0.05) is 17.3 Å². The van der Waals surface area contributed by atoms with Crippen LogP contribution in [0.4, 0.5) is 16.2 Å². The maximum absolute atomic E-state index is 12.9. The maximum atomic E-state index is 12.9. The maximum Gasteiger partial charge on any atom is 0.298 e. The Morgan fingerprint density at radius 1 is 1.10 bits per heavy atom. The fourth-order valence-electron chi connectivity index (χ4n) is 4.96. The average Bonchev–Trinajstić information content (AvgIpc) is 2.95. The summed E-state index contributed by atoms with van der Waals surface area (Å²) in [5, 5.41) is -0.253. The topological polar surface area (TPSA) is 40.6 Å². The molecule has 2 aromatic rings. The summed E-state index contributed by atoms with van der Waals surface area (Å²) in [4.78, 5) is 29.6. The van der Waals surface area contributed by atoms with Crippen molar-refractivity contribution in [2.24, 2.45) is 0 Å². The van der Waals surface area contributed by atoms with E-state index in [9.17, 15) is 9.59 Å². The minimum atomic E-state index is -0.257. The second-order valence-electron chi connectivity index (χ2n) is 9.05. The summed E-state index contributed by atoms with van der Waals surface area (Å²) in [5.74, 6) is 0.171. The molecule has 2 aliphatic rings. The molecule has 1 atom stereocenters. The van der Waals surface area contributed by atoms with Crippen molar-refractivity contribution in [2.75, 3.05) is 9.80 Å². The highest BCUT2D eigenvalue weighted by atomic mass is 32.2. The van der Waals surface area contributed by atoms with Crippen LogP contribution in [-0.2, 0) is 4.79 Å². The molecule has 4 nitrogen and oxygen atoms in total. The van der Waals surface area contributed by atoms with E-state index in [1.807, 2.05) is 24.3 Å². The van der Waals surface area contributed by atoms with Gasteiger partial charge in [-0.3, -0.25) is 9.59 Å². The standard InChI is InChI=1S/C25H28N2O2S/c1-16(2)27-21-12-11-18(13-20(21)17(3)15-25(27,4)5)14-22-23(28)26(24(29)30-22)19-9-7-6-8-10-19/h6-14,16-17H,15H2,1-5H3/b22-14-/t17-/m1/s1. The summed E-state index contributed by atoms with van der Waals surface area (Å²) < 4.78 is 0. The first-order valence-corrected chi connectivity index (χ1v) is 11.3. The molecule has 30 heavy (non-hydrogen) atoms. The number of hydrogen-bond donors (Lipinski definition) is 0. The number of para-hydroxylation sites is 1. The molecule has 0 bridgehead atoms. The quantitative estimate of drug-likeness (QED) is 0.537. The molecule has 0 spiro atoms. The van der Waals surface area contributed by atoms with Gasteiger partial charge in [0.1, 0.15) is 0 Å². The number of hydrogen-bond acceptors (Lipinski definition) is 4. The Balaban J connectivity index is 1.68. The minimum Gasteiger partial charge on any atom is -0.364 e. The minimum absolute atomic E-state index is 0.0977.